The van der Waals surface area contributed by atoms with E-state index in [-0.39, 0.29) is 0 Å². The molecule has 0 heterocycles. The first-order valence-electron chi connectivity index (χ1n) is 4.01. The average Bonchev–Trinajstić information content (AvgIpc) is 2.09. The van der Waals surface area contributed by atoms with E-state index in [1.807, 2.05) is 6.08 Å². The fourth-order valence-corrected chi connectivity index (χ4v) is 0.995. The van der Waals surface area contributed by atoms with Crippen molar-refractivity contribution in [3.63, 3.8) is 0 Å². The molecule has 0 aliphatic rings. The second-order valence-electron chi connectivity index (χ2n) is 2.75. The van der Waals surface area contributed by atoms with Gasteiger partial charge >= 0.3 is 0 Å². The molecule has 1 rings (SSSR count). The van der Waals surface area contributed by atoms with Crippen LogP contribution < -0.4 is 5.14 Å². The molecule has 0 spiro atoms. The lowest BCUT2D eigenvalue weighted by Crippen LogP contribution is -1.97. The van der Waals surface area contributed by atoms with Crippen LogP contribution in [0.3, 0.4) is 0 Å². The fraction of sp³-hybridized carbons (Fsp3) is 0.200. The number of hydrogen-bond acceptors (Lipinski definition) is 2. The monoisotopic (exact) mass is 212 g/mol. The highest BCUT2D eigenvalue weighted by atomic mass is 32.2. The van der Waals surface area contributed by atoms with Gasteiger partial charge in [0.25, 0.3) is 0 Å². The van der Waals surface area contributed by atoms with Crippen LogP contribution >= 0.6 is 0 Å². The van der Waals surface area contributed by atoms with Crippen LogP contribution in [-0.2, 0) is 11.3 Å². The maximum absolute atomic E-state index is 8.78. The minimum Gasteiger partial charge on any atom is -0.760 e. The topological polar surface area (TPSA) is 66.2 Å². The summed E-state index contributed by atoms with van der Waals surface area (Å²) in [6.07, 6.45) is 1.89. The van der Waals surface area contributed by atoms with Crippen LogP contribution in [0, 0.1) is 13.8 Å². The third kappa shape index (κ3) is 4.91. The Hall–Kier alpha value is -0.970. The first kappa shape index (κ1) is 13.0. The van der Waals surface area contributed by atoms with Crippen LogP contribution in [0.15, 0.2) is 24.8 Å². The van der Waals surface area contributed by atoms with E-state index in [2.05, 4.69) is 43.8 Å². The van der Waals surface area contributed by atoms with Crippen LogP contribution in [0.5, 0.6) is 0 Å². The molecule has 0 bridgehead atoms. The van der Waals surface area contributed by atoms with Crippen LogP contribution in [0.4, 0.5) is 0 Å². The molecule has 78 valence electrons. The lowest BCUT2D eigenvalue weighted by Gasteiger charge is -2.01. The van der Waals surface area contributed by atoms with Crippen LogP contribution in [0.2, 0.25) is 0 Å². The maximum Gasteiger partial charge on any atom is 0.0152 e. The Bertz CT molecular complexity index is 333. The summed E-state index contributed by atoms with van der Waals surface area (Å²) in [5.74, 6) is 0. The Kier molecular flexibility index (Phi) is 6.03. The molecule has 4 heteroatoms. The van der Waals surface area contributed by atoms with Crippen LogP contribution in [0.25, 0.3) is 6.08 Å². The molecule has 0 amide bonds. The summed E-state index contributed by atoms with van der Waals surface area (Å²) in [6.45, 7) is 7.96. The van der Waals surface area contributed by atoms with Gasteiger partial charge in [0.2, 0.25) is 0 Å². The zero-order valence-electron chi connectivity index (χ0n) is 8.32. The van der Waals surface area contributed by atoms with Crippen molar-refractivity contribution in [2.45, 2.75) is 13.8 Å². The van der Waals surface area contributed by atoms with E-state index >= 15 is 0 Å². The predicted octanol–water partition coefficient (Wildman–Crippen LogP) is 1.69. The first-order chi connectivity index (χ1) is 6.49. The van der Waals surface area contributed by atoms with Gasteiger partial charge in [0.15, 0.2) is 0 Å². The van der Waals surface area contributed by atoms with Gasteiger partial charge in [-0.15, -0.1) is 0 Å². The maximum atomic E-state index is 8.78. The molecule has 0 aliphatic carbocycles. The minimum atomic E-state index is -2.36. The third-order valence-corrected chi connectivity index (χ3v) is 1.87. The van der Waals surface area contributed by atoms with Crippen LogP contribution in [0.1, 0.15) is 16.7 Å². The third-order valence-electron chi connectivity index (χ3n) is 1.87. The van der Waals surface area contributed by atoms with Crippen molar-refractivity contribution in [2.24, 2.45) is 5.14 Å². The molecule has 14 heavy (non-hydrogen) atoms. The lowest BCUT2D eigenvalue weighted by molar-refractivity contribution is 0.539. The fourth-order valence-electron chi connectivity index (χ4n) is 0.995. The van der Waals surface area contributed by atoms with E-state index in [0.29, 0.717) is 0 Å². The van der Waals surface area contributed by atoms with Crippen molar-refractivity contribution in [3.05, 3.63) is 41.5 Å². The number of nitrogens with two attached hydrogens (primary N) is 1. The molecule has 0 aliphatic heterocycles. The molecular weight excluding hydrogens is 198 g/mol. The van der Waals surface area contributed by atoms with Gasteiger partial charge in [-0.25, -0.2) is 0 Å². The first-order valence-corrected chi connectivity index (χ1v) is 5.15. The summed E-state index contributed by atoms with van der Waals surface area (Å²) >= 11 is -2.36. The summed E-state index contributed by atoms with van der Waals surface area (Å²) < 4.78 is 17.6. The van der Waals surface area contributed by atoms with Gasteiger partial charge in [-0.3, -0.25) is 9.35 Å². The normalized spacial score (nSPS) is 11.1. The van der Waals surface area contributed by atoms with Crippen molar-refractivity contribution < 1.29 is 8.76 Å². The summed E-state index contributed by atoms with van der Waals surface area (Å²) in [5.41, 5.74) is 3.90. The van der Waals surface area contributed by atoms with Crippen molar-refractivity contribution in [1.29, 1.82) is 0 Å². The minimum absolute atomic E-state index is 1.24. The van der Waals surface area contributed by atoms with Gasteiger partial charge in [-0.1, -0.05) is 30.9 Å². The van der Waals surface area contributed by atoms with Crippen molar-refractivity contribution >= 4 is 17.3 Å². The average molecular weight is 212 g/mol. The molecule has 1 aromatic carbocycles. The van der Waals surface area contributed by atoms with Crippen molar-refractivity contribution in [1.82, 2.24) is 0 Å². The van der Waals surface area contributed by atoms with Crippen LogP contribution in [-0.4, -0.2) is 8.76 Å². The summed E-state index contributed by atoms with van der Waals surface area (Å²) in [4.78, 5) is 0. The molecule has 1 unspecified atom stereocenters. The molecule has 0 saturated heterocycles. The van der Waals surface area contributed by atoms with E-state index in [0.717, 1.165) is 0 Å². The highest BCUT2D eigenvalue weighted by molar-refractivity contribution is 7.76. The second-order valence-corrected chi connectivity index (χ2v) is 3.27. The van der Waals surface area contributed by atoms with Crippen molar-refractivity contribution in [2.75, 3.05) is 0 Å². The predicted molar refractivity (Wildman–Crippen MR) is 59.1 cm³/mol. The number of aryl methyl sites for hydroxylation is 1. The van der Waals surface area contributed by atoms with Gasteiger partial charge in [-0.05, 0) is 30.5 Å². The van der Waals surface area contributed by atoms with Gasteiger partial charge in [-0.2, -0.15) is 0 Å². The zero-order valence-corrected chi connectivity index (χ0v) is 9.14. The lowest BCUT2D eigenvalue weighted by atomic mass is 10.0. The Morgan fingerprint density at radius 2 is 2.00 bits per heavy atom. The van der Waals surface area contributed by atoms with Crippen molar-refractivity contribution in [3.8, 4) is 0 Å². The summed E-state index contributed by atoms with van der Waals surface area (Å²) in [5, 5.41) is 4.03. The van der Waals surface area contributed by atoms with Gasteiger partial charge in [0.1, 0.15) is 0 Å². The molecule has 1 atom stereocenters. The summed E-state index contributed by atoms with van der Waals surface area (Å²) in [6, 6.07) is 6.25. The molecule has 0 radical (unpaired) electrons. The highest BCUT2D eigenvalue weighted by Crippen LogP contribution is 2.12. The molecule has 0 fully saturated rings. The number of hydrogen-bond donors (Lipinski definition) is 1. The Balaban J connectivity index is 0.000000364. The molecular formula is C10H14NO2S-. The van der Waals surface area contributed by atoms with E-state index in [1.165, 1.54) is 16.7 Å². The van der Waals surface area contributed by atoms with E-state index in [1.54, 1.807) is 0 Å². The quantitative estimate of drug-likeness (QED) is 0.720. The van der Waals surface area contributed by atoms with Gasteiger partial charge in [0, 0.05) is 11.3 Å². The SMILES string of the molecule is C=Cc1cccc(C)c1C.NS(=O)[O-]. The number of rotatable bonds is 1. The zero-order chi connectivity index (χ0) is 11.1. The largest absolute Gasteiger partial charge is 0.760 e. The number of benzene rings is 1. The Morgan fingerprint density at radius 3 is 2.36 bits per heavy atom. The molecule has 0 saturated carbocycles. The van der Waals surface area contributed by atoms with E-state index in [4.69, 9.17) is 8.76 Å². The van der Waals surface area contributed by atoms with E-state index in [9.17, 15) is 0 Å². The molecule has 3 nitrogen and oxygen atoms in total. The molecule has 2 N–H and O–H groups in total. The smallest absolute Gasteiger partial charge is 0.0152 e. The Labute approximate surface area is 87.1 Å². The molecule has 0 aromatic heterocycles. The molecule has 1 aromatic rings. The second kappa shape index (κ2) is 6.48. The highest BCUT2D eigenvalue weighted by Gasteiger charge is 1.93. The van der Waals surface area contributed by atoms with Gasteiger partial charge < -0.3 is 4.55 Å². The van der Waals surface area contributed by atoms with Gasteiger partial charge in [0.05, 0.1) is 0 Å². The Morgan fingerprint density at radius 1 is 1.50 bits per heavy atom. The van der Waals surface area contributed by atoms with E-state index < -0.39 is 11.3 Å². The standard InChI is InChI=1S/C10H12.H3NO2S/c1-4-10-7-5-6-8(2)9(10)3;1-4(2)3/h4-7H,1H2,2-3H3;1H2,(H,2,3)/p-1. The summed E-state index contributed by atoms with van der Waals surface area (Å²) in [7, 11) is 0.